The Labute approximate surface area is 195 Å². The fraction of sp³-hybridized carbons (Fsp3) is 0.444. The minimum Gasteiger partial charge on any atom is -0.490 e. The largest absolute Gasteiger partial charge is 0.490 e. The van der Waals surface area contributed by atoms with Crippen LogP contribution in [0.3, 0.4) is 0 Å². The molecule has 1 N–H and O–H groups in total. The van der Waals surface area contributed by atoms with Gasteiger partial charge in [0.2, 0.25) is 0 Å². The molecule has 0 aromatic heterocycles. The molecule has 0 radical (unpaired) electrons. The zero-order valence-corrected chi connectivity index (χ0v) is 21.5. The average molecular weight is 454 g/mol. The molecule has 0 aliphatic heterocycles. The van der Waals surface area contributed by atoms with E-state index in [2.05, 4.69) is 75.3 Å². The van der Waals surface area contributed by atoms with Gasteiger partial charge in [-0.25, -0.2) is 0 Å². The van der Waals surface area contributed by atoms with Crippen LogP contribution in [0, 0.1) is 0 Å². The molecule has 0 fully saturated rings. The summed E-state index contributed by atoms with van der Waals surface area (Å²) in [6, 6.07) is 20.3. The van der Waals surface area contributed by atoms with E-state index in [1.54, 1.807) is 7.11 Å². The maximum absolute atomic E-state index is 11.3. The van der Waals surface area contributed by atoms with E-state index >= 15 is 0 Å². The van der Waals surface area contributed by atoms with E-state index in [0.29, 0.717) is 25.5 Å². The maximum atomic E-state index is 11.3. The topological polar surface area (TPSA) is 41.9 Å². The lowest BCUT2D eigenvalue weighted by Crippen LogP contribution is -2.51. The van der Waals surface area contributed by atoms with Crippen LogP contribution < -0.4 is 0 Å². The average Bonchev–Trinajstić information content (AvgIpc) is 2.75. The van der Waals surface area contributed by atoms with E-state index in [4.69, 9.17) is 9.16 Å². The zero-order chi connectivity index (χ0) is 23.8. The first kappa shape index (κ1) is 26.1. The molecule has 2 rings (SSSR count). The molecule has 32 heavy (non-hydrogen) atoms. The first-order valence-corrected chi connectivity index (χ1v) is 14.1. The molecular weight excluding hydrogens is 414 g/mol. The predicted octanol–water partition coefficient (Wildman–Crippen LogP) is 5.76. The van der Waals surface area contributed by atoms with Crippen molar-refractivity contribution in [3.63, 3.8) is 0 Å². The highest BCUT2D eigenvalue weighted by atomic mass is 28.4. The van der Waals surface area contributed by atoms with Gasteiger partial charge in [-0.15, -0.1) is 0 Å². The number of benzene rings is 2. The smallest absolute Gasteiger partial charge is 0.192 e. The summed E-state index contributed by atoms with van der Waals surface area (Å²) in [4.78, 5) is 2.26. The number of nitrogens with zero attached hydrogens (tertiary/aromatic N) is 1. The van der Waals surface area contributed by atoms with Crippen LogP contribution in [0.1, 0.15) is 31.9 Å². The van der Waals surface area contributed by atoms with Crippen molar-refractivity contribution < 1.29 is 14.3 Å². The number of ether oxygens (including phenoxy) is 1. The Balaban J connectivity index is 2.42. The van der Waals surface area contributed by atoms with Gasteiger partial charge in [-0.3, -0.25) is 4.90 Å². The van der Waals surface area contributed by atoms with Gasteiger partial charge in [0.15, 0.2) is 14.1 Å². The molecule has 2 aromatic carbocycles. The molecule has 0 spiro atoms. The van der Waals surface area contributed by atoms with Gasteiger partial charge in [0.25, 0.3) is 0 Å². The Morgan fingerprint density at radius 1 is 1.00 bits per heavy atom. The van der Waals surface area contributed by atoms with Crippen LogP contribution in [-0.2, 0) is 22.3 Å². The van der Waals surface area contributed by atoms with Gasteiger partial charge in [-0.1, -0.05) is 93.7 Å². The normalized spacial score (nSPS) is 14.0. The second kappa shape index (κ2) is 11.6. The molecule has 0 saturated heterocycles. The molecule has 0 unspecified atom stereocenters. The number of rotatable bonds is 11. The lowest BCUT2D eigenvalue weighted by Gasteiger charge is -2.40. The molecule has 0 saturated carbocycles. The van der Waals surface area contributed by atoms with Gasteiger partial charge in [0.1, 0.15) is 6.10 Å². The first-order valence-electron chi connectivity index (χ1n) is 11.2. The van der Waals surface area contributed by atoms with Crippen LogP contribution in [0.5, 0.6) is 0 Å². The molecule has 0 aliphatic rings. The minimum absolute atomic E-state index is 0.0740. The molecule has 0 bridgehead atoms. The van der Waals surface area contributed by atoms with E-state index in [1.807, 2.05) is 36.4 Å². The van der Waals surface area contributed by atoms with E-state index in [9.17, 15) is 5.11 Å². The second-order valence-corrected chi connectivity index (χ2v) is 14.5. The highest BCUT2D eigenvalue weighted by Gasteiger charge is 2.39. The van der Waals surface area contributed by atoms with Crippen molar-refractivity contribution in [2.45, 2.75) is 64.1 Å². The Bertz CT molecular complexity index is 829. The third-order valence-corrected chi connectivity index (χ3v) is 10.9. The summed E-state index contributed by atoms with van der Waals surface area (Å²) in [5, 5.41) is 11.4. The van der Waals surface area contributed by atoms with Crippen LogP contribution in [0.4, 0.5) is 0 Å². The lowest BCUT2D eigenvalue weighted by molar-refractivity contribution is 0.00361. The van der Waals surface area contributed by atoms with Crippen molar-refractivity contribution in [3.8, 4) is 0 Å². The summed E-state index contributed by atoms with van der Waals surface area (Å²) in [7, 11) is -0.480. The standard InChI is InChI=1S/C27H39NO3Si/c1-8-25(30-5)26(29)24(21-31-32(6,7)27(2,3)4)28(19-22-15-11-9-12-16-22)20-23-17-13-10-14-18-23/h9-18,24,26,29H,1,19-21H2,2-7H3/t24-,26-/m0/s1. The Hall–Kier alpha value is -2.14. The summed E-state index contributed by atoms with van der Waals surface area (Å²) in [5.74, 6) is 0.333. The van der Waals surface area contributed by atoms with Crippen molar-refractivity contribution >= 4 is 8.32 Å². The maximum Gasteiger partial charge on any atom is 0.192 e. The van der Waals surface area contributed by atoms with Crippen LogP contribution in [0.2, 0.25) is 18.1 Å². The van der Waals surface area contributed by atoms with Crippen LogP contribution in [0.15, 0.2) is 78.7 Å². The number of aliphatic hydroxyl groups is 1. The highest BCUT2D eigenvalue weighted by Crippen LogP contribution is 2.37. The van der Waals surface area contributed by atoms with E-state index in [-0.39, 0.29) is 11.1 Å². The highest BCUT2D eigenvalue weighted by molar-refractivity contribution is 6.74. The van der Waals surface area contributed by atoms with Crippen molar-refractivity contribution in [1.29, 1.82) is 0 Å². The lowest BCUT2D eigenvalue weighted by atomic mass is 10.1. The molecule has 2 aromatic rings. The second-order valence-electron chi connectivity index (χ2n) is 9.70. The van der Waals surface area contributed by atoms with E-state index < -0.39 is 14.4 Å². The first-order chi connectivity index (χ1) is 15.1. The van der Waals surface area contributed by atoms with Gasteiger partial charge in [0.05, 0.1) is 19.8 Å². The molecule has 0 heterocycles. The number of hydrogen-bond donors (Lipinski definition) is 1. The van der Waals surface area contributed by atoms with Gasteiger partial charge < -0.3 is 14.3 Å². The SMILES string of the molecule is C=C=C(OC)[C@@H](O)[C@H](CO[Si](C)(C)C(C)(C)C)N(Cc1ccccc1)Cc1ccccc1. The molecule has 0 amide bonds. The van der Waals surface area contributed by atoms with Gasteiger partial charge in [-0.05, 0) is 29.3 Å². The molecule has 0 aliphatic carbocycles. The molecular formula is C27H39NO3Si. The Kier molecular flexibility index (Phi) is 9.50. The van der Waals surface area contributed by atoms with Gasteiger partial charge in [0, 0.05) is 13.1 Å². The van der Waals surface area contributed by atoms with Crippen molar-refractivity contribution in [3.05, 3.63) is 89.9 Å². The Morgan fingerprint density at radius 3 is 1.84 bits per heavy atom. The minimum atomic E-state index is -2.02. The number of hydrogen-bond acceptors (Lipinski definition) is 4. The zero-order valence-electron chi connectivity index (χ0n) is 20.5. The fourth-order valence-electron chi connectivity index (χ4n) is 3.30. The molecule has 5 heteroatoms. The summed E-state index contributed by atoms with van der Waals surface area (Å²) in [5.41, 5.74) is 5.12. The van der Waals surface area contributed by atoms with Crippen molar-refractivity contribution in [2.75, 3.05) is 13.7 Å². The van der Waals surface area contributed by atoms with Crippen molar-refractivity contribution in [2.24, 2.45) is 0 Å². The van der Waals surface area contributed by atoms with Crippen LogP contribution in [-0.4, -0.2) is 44.2 Å². The van der Waals surface area contributed by atoms with Gasteiger partial charge >= 0.3 is 0 Å². The Morgan fingerprint density at radius 2 is 1.47 bits per heavy atom. The fourth-order valence-corrected chi connectivity index (χ4v) is 4.33. The van der Waals surface area contributed by atoms with Crippen LogP contribution in [0.25, 0.3) is 0 Å². The number of aliphatic hydroxyl groups excluding tert-OH is 1. The summed E-state index contributed by atoms with van der Waals surface area (Å²) in [6.45, 7) is 16.6. The monoisotopic (exact) mass is 453 g/mol. The number of methoxy groups -OCH3 is 1. The van der Waals surface area contributed by atoms with E-state index in [1.165, 1.54) is 11.1 Å². The predicted molar refractivity (Wildman–Crippen MR) is 135 cm³/mol. The molecule has 2 atom stereocenters. The third kappa shape index (κ3) is 7.19. The quantitative estimate of drug-likeness (QED) is 0.267. The van der Waals surface area contributed by atoms with E-state index in [0.717, 1.165) is 0 Å². The van der Waals surface area contributed by atoms with Gasteiger partial charge in [-0.2, -0.15) is 0 Å². The van der Waals surface area contributed by atoms with Crippen molar-refractivity contribution in [1.82, 2.24) is 4.90 Å². The summed E-state index contributed by atoms with van der Waals surface area (Å²) >= 11 is 0. The van der Waals surface area contributed by atoms with Crippen LogP contribution >= 0.6 is 0 Å². The summed E-state index contributed by atoms with van der Waals surface area (Å²) in [6.07, 6.45) is -0.908. The molecule has 4 nitrogen and oxygen atoms in total. The molecule has 174 valence electrons. The summed E-state index contributed by atoms with van der Waals surface area (Å²) < 4.78 is 12.0. The third-order valence-electron chi connectivity index (χ3n) is 6.37.